The molecule has 0 fully saturated rings. The van der Waals surface area contributed by atoms with Gasteiger partial charge in [-0.25, -0.2) is 8.42 Å². The molecule has 13 heteroatoms. The summed E-state index contributed by atoms with van der Waals surface area (Å²) >= 11 is 0. The van der Waals surface area contributed by atoms with Gasteiger partial charge in [0, 0.05) is 23.6 Å². The summed E-state index contributed by atoms with van der Waals surface area (Å²) in [5, 5.41) is 12.3. The lowest BCUT2D eigenvalue weighted by molar-refractivity contribution is -0.140. The molecule has 0 aliphatic heterocycles. The zero-order chi connectivity index (χ0) is 27.4. The number of halogens is 3. The van der Waals surface area contributed by atoms with Gasteiger partial charge in [0.1, 0.15) is 12.3 Å². The molecule has 37 heavy (non-hydrogen) atoms. The molecule has 3 aromatic rings. The number of nitrogens with one attached hydrogen (secondary N) is 3. The van der Waals surface area contributed by atoms with Crippen LogP contribution in [-0.4, -0.2) is 31.1 Å². The summed E-state index contributed by atoms with van der Waals surface area (Å²) in [5.41, 5.74) is 4.77. The Kier molecular flexibility index (Phi) is 7.96. The fourth-order valence-corrected chi connectivity index (χ4v) is 4.79. The normalized spacial score (nSPS) is 12.4. The minimum atomic E-state index is -5.00. The number of rotatable bonds is 8. The molecule has 0 saturated carbocycles. The predicted octanol–water partition coefficient (Wildman–Crippen LogP) is 3.42. The molecule has 0 bridgehead atoms. The van der Waals surface area contributed by atoms with Gasteiger partial charge in [-0.05, 0) is 61.0 Å². The minimum Gasteiger partial charge on any atom is -0.384 e. The van der Waals surface area contributed by atoms with Crippen molar-refractivity contribution in [1.82, 2.24) is 10.3 Å². The first kappa shape index (κ1) is 27.3. The molecule has 0 aliphatic carbocycles. The second-order valence-corrected chi connectivity index (χ2v) is 9.87. The number of pyridine rings is 1. The van der Waals surface area contributed by atoms with Crippen LogP contribution < -0.4 is 16.4 Å². The number of carbonyl (C=O) groups is 2. The Labute approximate surface area is 210 Å². The molecule has 2 amide bonds. The lowest BCUT2D eigenvalue weighted by atomic mass is 10.0. The minimum absolute atomic E-state index is 0.00829. The number of hydrogen-bond acceptors (Lipinski definition) is 6. The Bertz CT molecular complexity index is 1430. The highest BCUT2D eigenvalue weighted by atomic mass is 32.2. The molecule has 1 aromatic heterocycles. The zero-order valence-electron chi connectivity index (χ0n) is 19.3. The van der Waals surface area contributed by atoms with Crippen LogP contribution in [-0.2, 0) is 25.6 Å². The number of nitrogen functional groups attached to an aromatic ring is 1. The van der Waals surface area contributed by atoms with Gasteiger partial charge in [0.25, 0.3) is 0 Å². The Morgan fingerprint density at radius 1 is 1.08 bits per heavy atom. The lowest BCUT2D eigenvalue weighted by Crippen LogP contribution is -2.30. The van der Waals surface area contributed by atoms with E-state index in [0.29, 0.717) is 17.3 Å². The highest BCUT2D eigenvalue weighted by Gasteiger charge is 2.38. The van der Waals surface area contributed by atoms with Gasteiger partial charge in [0.2, 0.25) is 21.7 Å². The van der Waals surface area contributed by atoms with E-state index in [-0.39, 0.29) is 11.4 Å². The molecule has 0 saturated heterocycles. The SMILES string of the molecule is CC(NC(=O)CC(=O)Nc1ccc(C(=N)N)cc1)c1ccc(S(=O)(=O)c2cccnc2)c(C(F)(F)F)c1. The lowest BCUT2D eigenvalue weighted by Gasteiger charge is -2.19. The van der Waals surface area contributed by atoms with Gasteiger partial charge >= 0.3 is 6.18 Å². The summed E-state index contributed by atoms with van der Waals surface area (Å²) in [5.74, 6) is -1.58. The third kappa shape index (κ3) is 6.70. The van der Waals surface area contributed by atoms with Crippen LogP contribution in [0.5, 0.6) is 0 Å². The molecule has 1 heterocycles. The van der Waals surface area contributed by atoms with Crippen LogP contribution in [0.2, 0.25) is 0 Å². The van der Waals surface area contributed by atoms with Crippen LogP contribution in [0.15, 0.2) is 76.8 Å². The number of nitrogens with zero attached hydrogens (tertiary/aromatic N) is 1. The molecule has 5 N–H and O–H groups in total. The van der Waals surface area contributed by atoms with Crippen LogP contribution in [0.4, 0.5) is 18.9 Å². The van der Waals surface area contributed by atoms with Crippen molar-refractivity contribution in [3.05, 3.63) is 83.7 Å². The van der Waals surface area contributed by atoms with Crippen LogP contribution in [0.1, 0.15) is 36.1 Å². The summed E-state index contributed by atoms with van der Waals surface area (Å²) in [6.07, 6.45) is -3.36. The van der Waals surface area contributed by atoms with E-state index in [1.54, 1.807) is 0 Å². The third-order valence-corrected chi connectivity index (χ3v) is 7.02. The Morgan fingerprint density at radius 2 is 1.76 bits per heavy atom. The van der Waals surface area contributed by atoms with Crippen molar-refractivity contribution in [2.75, 3.05) is 5.32 Å². The third-order valence-electron chi connectivity index (χ3n) is 5.22. The number of carbonyl (C=O) groups excluding carboxylic acids is 2. The summed E-state index contributed by atoms with van der Waals surface area (Å²) < 4.78 is 67.1. The topological polar surface area (TPSA) is 155 Å². The average molecular weight is 534 g/mol. The number of anilines is 1. The number of benzene rings is 2. The number of sulfone groups is 1. The van der Waals surface area contributed by atoms with Gasteiger partial charge in [0.15, 0.2) is 0 Å². The van der Waals surface area contributed by atoms with Crippen LogP contribution in [0.3, 0.4) is 0 Å². The fraction of sp³-hybridized carbons (Fsp3) is 0.167. The molecule has 2 aromatic carbocycles. The number of nitrogens with two attached hydrogens (primary N) is 1. The van der Waals surface area contributed by atoms with Gasteiger partial charge < -0.3 is 16.4 Å². The van der Waals surface area contributed by atoms with Gasteiger partial charge in [0.05, 0.1) is 21.4 Å². The number of hydrogen-bond donors (Lipinski definition) is 4. The van der Waals surface area contributed by atoms with Crippen molar-refractivity contribution >= 4 is 33.2 Å². The first-order valence-electron chi connectivity index (χ1n) is 10.7. The van der Waals surface area contributed by atoms with Gasteiger partial charge in [-0.3, -0.25) is 20.0 Å². The maximum absolute atomic E-state index is 13.8. The Hall–Kier alpha value is -4.26. The molecule has 1 unspecified atom stereocenters. The van der Waals surface area contributed by atoms with Crippen molar-refractivity contribution in [2.24, 2.45) is 5.73 Å². The summed E-state index contributed by atoms with van der Waals surface area (Å²) in [7, 11) is -4.51. The average Bonchev–Trinajstić information content (AvgIpc) is 2.83. The van der Waals surface area contributed by atoms with Crippen LogP contribution in [0.25, 0.3) is 0 Å². The van der Waals surface area contributed by atoms with Crippen molar-refractivity contribution in [3.63, 3.8) is 0 Å². The van der Waals surface area contributed by atoms with Gasteiger partial charge in [-0.15, -0.1) is 0 Å². The maximum Gasteiger partial charge on any atom is 0.417 e. The van der Waals surface area contributed by atoms with Crippen molar-refractivity contribution < 1.29 is 31.2 Å². The van der Waals surface area contributed by atoms with E-state index in [1.165, 1.54) is 49.5 Å². The molecular formula is C24H22F3N5O4S. The summed E-state index contributed by atoms with van der Waals surface area (Å²) in [4.78, 5) is 26.8. The van der Waals surface area contributed by atoms with Crippen LogP contribution in [0, 0.1) is 5.41 Å². The van der Waals surface area contributed by atoms with E-state index < -0.39 is 55.6 Å². The molecule has 3 rings (SSSR count). The van der Waals surface area contributed by atoms with E-state index >= 15 is 0 Å². The van der Waals surface area contributed by atoms with E-state index in [4.69, 9.17) is 11.1 Å². The second kappa shape index (κ2) is 10.8. The van der Waals surface area contributed by atoms with Crippen molar-refractivity contribution in [2.45, 2.75) is 35.4 Å². The number of aromatic nitrogens is 1. The maximum atomic E-state index is 13.8. The predicted molar refractivity (Wildman–Crippen MR) is 128 cm³/mol. The molecule has 1 atom stereocenters. The van der Waals surface area contributed by atoms with Crippen molar-refractivity contribution in [3.8, 4) is 0 Å². The highest BCUT2D eigenvalue weighted by molar-refractivity contribution is 7.91. The number of amidine groups is 1. The fourth-order valence-electron chi connectivity index (χ4n) is 3.37. The first-order chi connectivity index (χ1) is 17.3. The van der Waals surface area contributed by atoms with Gasteiger partial charge in [-0.2, -0.15) is 13.2 Å². The van der Waals surface area contributed by atoms with E-state index in [0.717, 1.165) is 18.3 Å². The Morgan fingerprint density at radius 3 is 2.32 bits per heavy atom. The van der Waals surface area contributed by atoms with E-state index in [2.05, 4.69) is 15.6 Å². The van der Waals surface area contributed by atoms with Crippen molar-refractivity contribution in [1.29, 1.82) is 5.41 Å². The Balaban J connectivity index is 1.74. The van der Waals surface area contributed by atoms with E-state index in [9.17, 15) is 31.2 Å². The smallest absolute Gasteiger partial charge is 0.384 e. The molecular weight excluding hydrogens is 511 g/mol. The van der Waals surface area contributed by atoms with Gasteiger partial charge in [-0.1, -0.05) is 6.07 Å². The number of amides is 2. The molecule has 9 nitrogen and oxygen atoms in total. The molecule has 194 valence electrons. The summed E-state index contributed by atoms with van der Waals surface area (Å²) in [6, 6.07) is 10.1. The molecule has 0 radical (unpaired) electrons. The first-order valence-corrected chi connectivity index (χ1v) is 12.2. The zero-order valence-corrected chi connectivity index (χ0v) is 20.2. The molecule has 0 aliphatic rings. The summed E-state index contributed by atoms with van der Waals surface area (Å²) in [6.45, 7) is 1.40. The van der Waals surface area contributed by atoms with E-state index in [1.807, 2.05) is 0 Å². The standard InChI is InChI=1S/C24H22F3N5O4S/c1-14(31-21(33)12-22(34)32-17-7-4-15(5-8-17)23(28)29)16-6-9-20(19(11-16)24(25,26)27)37(35,36)18-3-2-10-30-13-18/h2-11,13-14H,12H2,1H3,(H3,28,29)(H,31,33)(H,32,34). The van der Waals surface area contributed by atoms with Crippen LogP contribution >= 0.6 is 0 Å². The number of alkyl halides is 3. The highest BCUT2D eigenvalue weighted by Crippen LogP contribution is 2.37. The second-order valence-electron chi connectivity index (χ2n) is 7.95. The molecule has 0 spiro atoms. The quantitative estimate of drug-likeness (QED) is 0.198. The monoisotopic (exact) mass is 533 g/mol. The largest absolute Gasteiger partial charge is 0.417 e.